The van der Waals surface area contributed by atoms with Gasteiger partial charge in [0.05, 0.1) is 0 Å². The Bertz CT molecular complexity index is 530. The van der Waals surface area contributed by atoms with Crippen LogP contribution in [0.3, 0.4) is 0 Å². The van der Waals surface area contributed by atoms with Gasteiger partial charge in [0, 0.05) is 20.0 Å². The SMILES string of the molecule is CNc1nnc(C2Cc3ccccc32)n1C. The number of nitrogens with one attached hydrogen (secondary N) is 1. The summed E-state index contributed by atoms with van der Waals surface area (Å²) in [4.78, 5) is 0. The highest BCUT2D eigenvalue weighted by atomic mass is 15.3. The van der Waals surface area contributed by atoms with E-state index in [2.05, 4.69) is 39.8 Å². The van der Waals surface area contributed by atoms with Crippen LogP contribution in [0.1, 0.15) is 22.9 Å². The molecule has 0 radical (unpaired) electrons. The largest absolute Gasteiger partial charge is 0.357 e. The second-order valence-electron chi connectivity index (χ2n) is 4.15. The first-order valence-corrected chi connectivity index (χ1v) is 5.46. The molecule has 1 atom stereocenters. The maximum Gasteiger partial charge on any atom is 0.224 e. The molecule has 0 saturated heterocycles. The molecule has 4 heteroatoms. The van der Waals surface area contributed by atoms with Gasteiger partial charge in [0.1, 0.15) is 5.82 Å². The van der Waals surface area contributed by atoms with Crippen molar-refractivity contribution in [2.45, 2.75) is 12.3 Å². The Balaban J connectivity index is 1.99. The van der Waals surface area contributed by atoms with Crippen molar-refractivity contribution in [2.75, 3.05) is 12.4 Å². The van der Waals surface area contributed by atoms with Crippen LogP contribution in [0.2, 0.25) is 0 Å². The number of benzene rings is 1. The lowest BCUT2D eigenvalue weighted by Gasteiger charge is -2.29. The quantitative estimate of drug-likeness (QED) is 0.824. The molecular weight excluding hydrogens is 200 g/mol. The lowest BCUT2D eigenvalue weighted by atomic mass is 9.77. The normalized spacial score (nSPS) is 17.8. The molecule has 4 nitrogen and oxygen atoms in total. The number of nitrogens with zero attached hydrogens (tertiary/aromatic N) is 3. The molecule has 3 rings (SSSR count). The number of hydrogen-bond acceptors (Lipinski definition) is 3. The van der Waals surface area contributed by atoms with Gasteiger partial charge in [-0.2, -0.15) is 0 Å². The lowest BCUT2D eigenvalue weighted by molar-refractivity contribution is 0.627. The van der Waals surface area contributed by atoms with Gasteiger partial charge in [0.15, 0.2) is 0 Å². The molecule has 1 aliphatic rings. The molecule has 1 unspecified atom stereocenters. The van der Waals surface area contributed by atoms with Crippen LogP contribution in [0.5, 0.6) is 0 Å². The van der Waals surface area contributed by atoms with E-state index in [1.54, 1.807) is 0 Å². The maximum absolute atomic E-state index is 4.26. The first-order chi connectivity index (χ1) is 7.81. The molecule has 1 N–H and O–H groups in total. The zero-order valence-corrected chi connectivity index (χ0v) is 9.44. The average molecular weight is 214 g/mol. The van der Waals surface area contributed by atoms with Gasteiger partial charge in [-0.1, -0.05) is 24.3 Å². The molecule has 2 aromatic rings. The zero-order valence-electron chi connectivity index (χ0n) is 9.44. The Morgan fingerprint density at radius 2 is 2.12 bits per heavy atom. The fourth-order valence-corrected chi connectivity index (χ4v) is 2.35. The predicted octanol–water partition coefficient (Wildman–Crippen LogP) is 1.54. The highest BCUT2D eigenvalue weighted by Gasteiger charge is 2.31. The van der Waals surface area contributed by atoms with Gasteiger partial charge >= 0.3 is 0 Å². The van der Waals surface area contributed by atoms with Crippen LogP contribution >= 0.6 is 0 Å². The summed E-state index contributed by atoms with van der Waals surface area (Å²) in [5.41, 5.74) is 2.82. The third kappa shape index (κ3) is 1.16. The van der Waals surface area contributed by atoms with Crippen molar-refractivity contribution in [2.24, 2.45) is 7.05 Å². The Morgan fingerprint density at radius 3 is 2.81 bits per heavy atom. The molecular formula is C12H14N4. The summed E-state index contributed by atoms with van der Waals surface area (Å²) < 4.78 is 2.03. The monoisotopic (exact) mass is 214 g/mol. The molecule has 1 aromatic heterocycles. The van der Waals surface area contributed by atoms with Crippen LogP contribution in [-0.2, 0) is 13.5 Å². The second kappa shape index (κ2) is 3.33. The van der Waals surface area contributed by atoms with Crippen molar-refractivity contribution < 1.29 is 0 Å². The van der Waals surface area contributed by atoms with Gasteiger partial charge < -0.3 is 9.88 Å². The smallest absolute Gasteiger partial charge is 0.224 e. The van der Waals surface area contributed by atoms with Crippen LogP contribution in [0, 0.1) is 0 Å². The van der Waals surface area contributed by atoms with Crippen LogP contribution in [0.4, 0.5) is 5.95 Å². The van der Waals surface area contributed by atoms with Gasteiger partial charge in [-0.15, -0.1) is 10.2 Å². The van der Waals surface area contributed by atoms with Crippen molar-refractivity contribution in [1.29, 1.82) is 0 Å². The second-order valence-corrected chi connectivity index (χ2v) is 4.15. The maximum atomic E-state index is 4.26. The fourth-order valence-electron chi connectivity index (χ4n) is 2.35. The molecule has 16 heavy (non-hydrogen) atoms. The van der Waals surface area contributed by atoms with E-state index in [4.69, 9.17) is 0 Å². The first-order valence-electron chi connectivity index (χ1n) is 5.46. The van der Waals surface area contributed by atoms with E-state index >= 15 is 0 Å². The molecule has 0 aliphatic heterocycles. The minimum Gasteiger partial charge on any atom is -0.357 e. The van der Waals surface area contributed by atoms with Gasteiger partial charge in [0.25, 0.3) is 0 Å². The summed E-state index contributed by atoms with van der Waals surface area (Å²) in [6, 6.07) is 8.53. The molecule has 1 heterocycles. The topological polar surface area (TPSA) is 42.7 Å². The van der Waals surface area contributed by atoms with Crippen molar-refractivity contribution in [3.8, 4) is 0 Å². The van der Waals surface area contributed by atoms with Gasteiger partial charge in [-0.25, -0.2) is 0 Å². The van der Waals surface area contributed by atoms with Gasteiger partial charge in [-0.3, -0.25) is 0 Å². The average Bonchev–Trinajstić information content (AvgIpc) is 2.62. The standard InChI is InChI=1S/C12H14N4/c1-13-12-15-14-11(16(12)2)10-7-8-5-3-4-6-9(8)10/h3-6,10H,7H2,1-2H3,(H,13,15). The van der Waals surface area contributed by atoms with E-state index in [-0.39, 0.29) is 0 Å². The van der Waals surface area contributed by atoms with E-state index in [0.29, 0.717) is 5.92 Å². The van der Waals surface area contributed by atoms with E-state index < -0.39 is 0 Å². The third-order valence-electron chi connectivity index (χ3n) is 3.30. The Labute approximate surface area is 94.3 Å². The number of fused-ring (bicyclic) bond motifs is 1. The molecule has 0 bridgehead atoms. The van der Waals surface area contributed by atoms with E-state index in [0.717, 1.165) is 18.2 Å². The van der Waals surface area contributed by atoms with Crippen molar-refractivity contribution >= 4 is 5.95 Å². The third-order valence-corrected chi connectivity index (χ3v) is 3.30. The Hall–Kier alpha value is -1.84. The summed E-state index contributed by atoms with van der Waals surface area (Å²) in [6.07, 6.45) is 1.08. The summed E-state index contributed by atoms with van der Waals surface area (Å²) in [5, 5.41) is 11.4. The molecule has 0 saturated carbocycles. The molecule has 1 aliphatic carbocycles. The van der Waals surface area contributed by atoms with Crippen molar-refractivity contribution in [1.82, 2.24) is 14.8 Å². The minimum absolute atomic E-state index is 0.413. The lowest BCUT2D eigenvalue weighted by Crippen LogP contribution is -2.21. The highest BCUT2D eigenvalue weighted by Crippen LogP contribution is 2.39. The fraction of sp³-hybridized carbons (Fsp3) is 0.333. The van der Waals surface area contributed by atoms with Gasteiger partial charge in [-0.05, 0) is 17.5 Å². The minimum atomic E-state index is 0.413. The van der Waals surface area contributed by atoms with Crippen LogP contribution in [0.15, 0.2) is 24.3 Å². The molecule has 1 aromatic carbocycles. The summed E-state index contributed by atoms with van der Waals surface area (Å²) >= 11 is 0. The summed E-state index contributed by atoms with van der Waals surface area (Å²) in [7, 11) is 3.87. The van der Waals surface area contributed by atoms with E-state index in [1.807, 2.05) is 18.7 Å². The number of anilines is 1. The van der Waals surface area contributed by atoms with E-state index in [1.165, 1.54) is 11.1 Å². The molecule has 82 valence electrons. The van der Waals surface area contributed by atoms with Crippen LogP contribution < -0.4 is 5.32 Å². The number of rotatable bonds is 2. The molecule has 0 amide bonds. The van der Waals surface area contributed by atoms with Crippen molar-refractivity contribution in [3.05, 3.63) is 41.2 Å². The summed E-state index contributed by atoms with van der Waals surface area (Å²) in [6.45, 7) is 0. The van der Waals surface area contributed by atoms with Crippen LogP contribution in [0.25, 0.3) is 0 Å². The predicted molar refractivity (Wildman–Crippen MR) is 62.5 cm³/mol. The number of hydrogen-bond donors (Lipinski definition) is 1. The van der Waals surface area contributed by atoms with Crippen LogP contribution in [-0.4, -0.2) is 21.8 Å². The first kappa shape index (κ1) is 9.39. The van der Waals surface area contributed by atoms with Crippen molar-refractivity contribution in [3.63, 3.8) is 0 Å². The molecule has 0 spiro atoms. The molecule has 0 fully saturated rings. The number of aromatic nitrogens is 3. The van der Waals surface area contributed by atoms with Gasteiger partial charge in [0.2, 0.25) is 5.95 Å². The Kier molecular flexibility index (Phi) is 1.96. The summed E-state index contributed by atoms with van der Waals surface area (Å²) in [5.74, 6) is 2.28. The highest BCUT2D eigenvalue weighted by molar-refractivity contribution is 5.45. The van der Waals surface area contributed by atoms with E-state index in [9.17, 15) is 0 Å². The zero-order chi connectivity index (χ0) is 11.1. The Morgan fingerprint density at radius 1 is 1.31 bits per heavy atom.